The van der Waals surface area contributed by atoms with Gasteiger partial charge in [-0.15, -0.1) is 6.42 Å². The van der Waals surface area contributed by atoms with Gasteiger partial charge in [-0.3, -0.25) is 0 Å². The highest BCUT2D eigenvalue weighted by atomic mass is 16.6. The largest absolute Gasteiger partial charge is 0.382 e. The molecule has 2 nitrogen and oxygen atoms in total. The first kappa shape index (κ1) is 8.86. The summed E-state index contributed by atoms with van der Waals surface area (Å²) in [7, 11) is 0. The lowest BCUT2D eigenvalue weighted by atomic mass is 10.0. The molecule has 1 aliphatic rings. The van der Waals surface area contributed by atoms with Crippen LogP contribution in [0.5, 0.6) is 0 Å². The second kappa shape index (κ2) is 5.42. The second-order valence-electron chi connectivity index (χ2n) is 2.66. The molecule has 1 aliphatic carbocycles. The van der Waals surface area contributed by atoms with E-state index in [4.69, 9.17) is 11.3 Å². The van der Waals surface area contributed by atoms with E-state index < -0.39 is 0 Å². The molecule has 2 heteroatoms. The summed E-state index contributed by atoms with van der Waals surface area (Å²) < 4.78 is 0. The Bertz CT molecular complexity index is 222. The summed E-state index contributed by atoms with van der Waals surface area (Å²) in [6.07, 6.45) is 14.6. The molecule has 12 heavy (non-hydrogen) atoms. The summed E-state index contributed by atoms with van der Waals surface area (Å²) in [5.41, 5.74) is 1.14. The van der Waals surface area contributed by atoms with Gasteiger partial charge in [-0.1, -0.05) is 17.2 Å². The molecule has 0 atom stereocenters. The third-order valence-electron chi connectivity index (χ3n) is 1.69. The standard InChI is InChI=1S/C10H12NO/c1-2-8-12-11-9-10-6-4-3-5-7-10/h1,6H,3-5,7-8H2. The summed E-state index contributed by atoms with van der Waals surface area (Å²) in [6, 6.07) is 0. The van der Waals surface area contributed by atoms with Crippen molar-refractivity contribution in [1.29, 1.82) is 0 Å². The number of hydrogen-bond acceptors (Lipinski definition) is 2. The first-order valence-electron chi connectivity index (χ1n) is 4.14. The van der Waals surface area contributed by atoms with Crippen LogP contribution in [-0.4, -0.2) is 12.8 Å². The second-order valence-corrected chi connectivity index (χ2v) is 2.66. The molecule has 0 N–H and O–H groups in total. The van der Waals surface area contributed by atoms with Crippen LogP contribution in [0.3, 0.4) is 0 Å². The molecule has 0 spiro atoms. The van der Waals surface area contributed by atoms with Crippen LogP contribution in [0.4, 0.5) is 0 Å². The molecule has 0 unspecified atom stereocenters. The molecular weight excluding hydrogens is 150 g/mol. The fraction of sp³-hybridized carbons (Fsp3) is 0.500. The molecule has 0 aromatic heterocycles. The van der Waals surface area contributed by atoms with E-state index in [2.05, 4.69) is 23.4 Å². The highest BCUT2D eigenvalue weighted by Gasteiger charge is 2.00. The van der Waals surface area contributed by atoms with Gasteiger partial charge in [-0.25, -0.2) is 0 Å². The van der Waals surface area contributed by atoms with Crippen molar-refractivity contribution in [2.75, 3.05) is 6.61 Å². The Morgan fingerprint density at radius 2 is 2.50 bits per heavy atom. The van der Waals surface area contributed by atoms with E-state index in [1.54, 1.807) is 0 Å². The highest BCUT2D eigenvalue weighted by molar-refractivity contribution is 5.78. The SMILES string of the molecule is C#CCO/N=[C]/C1=CCCCC1. The van der Waals surface area contributed by atoms with Crippen LogP contribution in [0.25, 0.3) is 0 Å². The van der Waals surface area contributed by atoms with Crippen molar-refractivity contribution in [3.05, 3.63) is 11.6 Å². The van der Waals surface area contributed by atoms with E-state index in [-0.39, 0.29) is 6.61 Å². The van der Waals surface area contributed by atoms with E-state index >= 15 is 0 Å². The quantitative estimate of drug-likeness (QED) is 0.269. The van der Waals surface area contributed by atoms with Crippen molar-refractivity contribution in [2.24, 2.45) is 5.16 Å². The lowest BCUT2D eigenvalue weighted by Gasteiger charge is -2.05. The van der Waals surface area contributed by atoms with Crippen LogP contribution < -0.4 is 0 Å². The lowest BCUT2D eigenvalue weighted by Crippen LogP contribution is -1.93. The maximum absolute atomic E-state index is 4.97. The van der Waals surface area contributed by atoms with Crippen molar-refractivity contribution < 1.29 is 4.84 Å². The summed E-state index contributed by atoms with van der Waals surface area (Å²) >= 11 is 0. The molecule has 0 aromatic rings. The predicted molar refractivity (Wildman–Crippen MR) is 48.8 cm³/mol. The molecule has 0 aliphatic heterocycles. The van der Waals surface area contributed by atoms with Gasteiger partial charge < -0.3 is 4.84 Å². The van der Waals surface area contributed by atoms with E-state index in [1.807, 2.05) is 0 Å². The number of rotatable bonds is 3. The molecule has 0 heterocycles. The maximum atomic E-state index is 4.97. The molecule has 0 saturated carbocycles. The van der Waals surface area contributed by atoms with Crippen LogP contribution in [-0.2, 0) is 4.84 Å². The summed E-state index contributed by atoms with van der Waals surface area (Å²) in [5, 5.41) is 3.62. The fourth-order valence-corrected chi connectivity index (χ4v) is 1.10. The van der Waals surface area contributed by atoms with Crippen LogP contribution >= 0.6 is 0 Å². The third kappa shape index (κ3) is 3.25. The van der Waals surface area contributed by atoms with Gasteiger partial charge in [0.05, 0.1) is 0 Å². The molecular formula is C10H12NO. The van der Waals surface area contributed by atoms with Crippen LogP contribution in [0.2, 0.25) is 0 Å². The number of nitrogens with zero attached hydrogens (tertiary/aromatic N) is 1. The van der Waals surface area contributed by atoms with Gasteiger partial charge in [0.2, 0.25) is 0 Å². The fourth-order valence-electron chi connectivity index (χ4n) is 1.10. The smallest absolute Gasteiger partial charge is 0.177 e. The maximum Gasteiger partial charge on any atom is 0.177 e. The lowest BCUT2D eigenvalue weighted by molar-refractivity contribution is 0.181. The summed E-state index contributed by atoms with van der Waals surface area (Å²) in [6.45, 7) is 0.223. The Balaban J connectivity index is 2.25. The molecule has 0 bridgehead atoms. The van der Waals surface area contributed by atoms with Crippen molar-refractivity contribution in [3.63, 3.8) is 0 Å². The van der Waals surface area contributed by atoms with Crippen molar-refractivity contribution in [3.8, 4) is 12.3 Å². The van der Waals surface area contributed by atoms with E-state index in [0.717, 1.165) is 18.4 Å². The first-order valence-corrected chi connectivity index (χ1v) is 4.14. The van der Waals surface area contributed by atoms with Gasteiger partial charge in [-0.2, -0.15) is 0 Å². The number of allylic oxidation sites excluding steroid dienone is 2. The monoisotopic (exact) mass is 162 g/mol. The van der Waals surface area contributed by atoms with Crippen molar-refractivity contribution in [2.45, 2.75) is 25.7 Å². The van der Waals surface area contributed by atoms with Crippen LogP contribution in [0, 0.1) is 12.3 Å². The van der Waals surface area contributed by atoms with Gasteiger partial charge in [0.15, 0.2) is 6.61 Å². The van der Waals surface area contributed by atoms with Crippen LogP contribution in [0.1, 0.15) is 25.7 Å². The average molecular weight is 162 g/mol. The third-order valence-corrected chi connectivity index (χ3v) is 1.69. The summed E-state index contributed by atoms with van der Waals surface area (Å²) in [4.78, 5) is 4.72. The molecule has 1 radical (unpaired) electrons. The zero-order chi connectivity index (χ0) is 8.65. The minimum atomic E-state index is 0.223. The van der Waals surface area contributed by atoms with Crippen LogP contribution in [0.15, 0.2) is 16.8 Å². The highest BCUT2D eigenvalue weighted by Crippen LogP contribution is 2.15. The van der Waals surface area contributed by atoms with Crippen molar-refractivity contribution in [1.82, 2.24) is 0 Å². The van der Waals surface area contributed by atoms with E-state index in [9.17, 15) is 0 Å². The molecule has 1 rings (SSSR count). The molecule has 63 valence electrons. The van der Waals surface area contributed by atoms with Gasteiger partial charge in [0.25, 0.3) is 0 Å². The predicted octanol–water partition coefficient (Wildman–Crippen LogP) is 2.00. The minimum absolute atomic E-state index is 0.223. The number of terminal acetylenes is 1. The topological polar surface area (TPSA) is 21.6 Å². The molecule has 0 amide bonds. The molecule has 0 aromatic carbocycles. The Hall–Kier alpha value is -1.23. The number of hydrogen-bond donors (Lipinski definition) is 0. The Morgan fingerprint density at radius 3 is 3.17 bits per heavy atom. The summed E-state index contributed by atoms with van der Waals surface area (Å²) in [5.74, 6) is 2.33. The Morgan fingerprint density at radius 1 is 1.58 bits per heavy atom. The van der Waals surface area contributed by atoms with Crippen molar-refractivity contribution >= 4 is 6.21 Å². The first-order chi connectivity index (χ1) is 5.93. The van der Waals surface area contributed by atoms with E-state index in [1.165, 1.54) is 12.8 Å². The van der Waals surface area contributed by atoms with E-state index in [0.29, 0.717) is 0 Å². The molecule has 0 saturated heterocycles. The zero-order valence-electron chi connectivity index (χ0n) is 7.05. The molecule has 0 fully saturated rings. The zero-order valence-corrected chi connectivity index (χ0v) is 7.05. The van der Waals surface area contributed by atoms with Gasteiger partial charge in [-0.05, 0) is 31.3 Å². The minimum Gasteiger partial charge on any atom is -0.382 e. The van der Waals surface area contributed by atoms with Gasteiger partial charge >= 0.3 is 0 Å². The van der Waals surface area contributed by atoms with Gasteiger partial charge in [0.1, 0.15) is 6.21 Å². The van der Waals surface area contributed by atoms with Gasteiger partial charge in [0, 0.05) is 0 Å². The average Bonchev–Trinajstić information content (AvgIpc) is 2.14. The normalized spacial score (nSPS) is 17.1. The Labute approximate surface area is 73.3 Å². The Kier molecular flexibility index (Phi) is 4.01.